The average Bonchev–Trinajstić information content (AvgIpc) is 3.15. The molecule has 0 radical (unpaired) electrons. The third kappa shape index (κ3) is 3.65. The highest BCUT2D eigenvalue weighted by atomic mass is 16.2. The van der Waals surface area contributed by atoms with Crippen LogP contribution in [0.3, 0.4) is 0 Å². The fourth-order valence-corrected chi connectivity index (χ4v) is 4.41. The molecule has 0 aliphatic carbocycles. The Bertz CT molecular complexity index is 1130. The smallest absolute Gasteiger partial charge is 0.239 e. The van der Waals surface area contributed by atoms with Crippen molar-refractivity contribution in [1.82, 2.24) is 0 Å². The van der Waals surface area contributed by atoms with Gasteiger partial charge in [0.25, 0.3) is 0 Å². The molecule has 2 aromatic rings. The molecule has 1 fully saturated rings. The molecule has 1 saturated heterocycles. The van der Waals surface area contributed by atoms with Crippen LogP contribution in [0.4, 0.5) is 22.7 Å². The van der Waals surface area contributed by atoms with Crippen LogP contribution in [0.15, 0.2) is 36.4 Å². The summed E-state index contributed by atoms with van der Waals surface area (Å²) in [5.41, 5.74) is 4.89. The number of rotatable bonds is 3. The standard InChI is InChI=1S/C23H22N4O4/c28-20-7-1-13-11-15(3-5-18(13)25-20)24-22(30)17-9-10-27(23(17)31)16-4-6-19-14(12-16)2-8-21(29)26-19/h3-6,11-12,17H,1-2,7-10H2,(H,24,30)(H,25,28)(H,26,29). The molecule has 1 atom stereocenters. The molecular weight excluding hydrogens is 396 g/mol. The zero-order valence-electron chi connectivity index (χ0n) is 16.9. The molecule has 3 aliphatic rings. The number of hydrogen-bond donors (Lipinski definition) is 3. The minimum Gasteiger partial charge on any atom is -0.326 e. The molecular formula is C23H22N4O4. The van der Waals surface area contributed by atoms with Crippen molar-refractivity contribution in [3.05, 3.63) is 47.5 Å². The molecule has 5 rings (SSSR count). The van der Waals surface area contributed by atoms with E-state index in [0.717, 1.165) is 28.2 Å². The van der Waals surface area contributed by atoms with Gasteiger partial charge in [-0.1, -0.05) is 0 Å². The number of carbonyl (C=O) groups is 4. The lowest BCUT2D eigenvalue weighted by molar-refractivity contribution is -0.129. The van der Waals surface area contributed by atoms with E-state index in [9.17, 15) is 19.2 Å². The highest BCUT2D eigenvalue weighted by Crippen LogP contribution is 2.32. The van der Waals surface area contributed by atoms with E-state index in [1.54, 1.807) is 23.1 Å². The van der Waals surface area contributed by atoms with E-state index in [-0.39, 0.29) is 23.6 Å². The second-order valence-electron chi connectivity index (χ2n) is 8.13. The summed E-state index contributed by atoms with van der Waals surface area (Å²) in [5, 5.41) is 8.51. The lowest BCUT2D eigenvalue weighted by Gasteiger charge is -2.22. The summed E-state index contributed by atoms with van der Waals surface area (Å²) in [4.78, 5) is 50.5. The number of benzene rings is 2. The Balaban J connectivity index is 1.28. The number of fused-ring (bicyclic) bond motifs is 2. The van der Waals surface area contributed by atoms with Gasteiger partial charge in [0, 0.05) is 42.1 Å². The van der Waals surface area contributed by atoms with Crippen LogP contribution in [-0.4, -0.2) is 30.2 Å². The van der Waals surface area contributed by atoms with Crippen molar-refractivity contribution in [3.8, 4) is 0 Å². The van der Waals surface area contributed by atoms with Gasteiger partial charge in [-0.2, -0.15) is 0 Å². The van der Waals surface area contributed by atoms with E-state index in [1.807, 2.05) is 18.2 Å². The maximum atomic E-state index is 13.0. The normalized spacial score (nSPS) is 19.9. The highest BCUT2D eigenvalue weighted by Gasteiger charge is 2.38. The lowest BCUT2D eigenvalue weighted by atomic mass is 10.0. The quantitative estimate of drug-likeness (QED) is 0.666. The molecule has 2 aromatic carbocycles. The summed E-state index contributed by atoms with van der Waals surface area (Å²) < 4.78 is 0. The number of carbonyl (C=O) groups excluding carboxylic acids is 4. The van der Waals surface area contributed by atoms with Gasteiger partial charge in [0.2, 0.25) is 23.6 Å². The summed E-state index contributed by atoms with van der Waals surface area (Å²) in [5.74, 6) is -1.30. The molecule has 8 heteroatoms. The van der Waals surface area contributed by atoms with E-state index in [4.69, 9.17) is 0 Å². The van der Waals surface area contributed by atoms with Crippen LogP contribution in [0.1, 0.15) is 30.4 Å². The molecule has 3 aliphatic heterocycles. The minimum atomic E-state index is -0.744. The zero-order valence-corrected chi connectivity index (χ0v) is 16.9. The van der Waals surface area contributed by atoms with Crippen LogP contribution in [0, 0.1) is 5.92 Å². The second kappa shape index (κ2) is 7.54. The first-order chi connectivity index (χ1) is 15.0. The van der Waals surface area contributed by atoms with Gasteiger partial charge in [0.15, 0.2) is 0 Å². The van der Waals surface area contributed by atoms with Crippen LogP contribution in [0.5, 0.6) is 0 Å². The monoisotopic (exact) mass is 418 g/mol. The molecule has 0 saturated carbocycles. The van der Waals surface area contributed by atoms with E-state index < -0.39 is 5.92 Å². The molecule has 3 N–H and O–H groups in total. The molecule has 31 heavy (non-hydrogen) atoms. The number of anilines is 4. The van der Waals surface area contributed by atoms with E-state index >= 15 is 0 Å². The molecule has 0 aromatic heterocycles. The summed E-state index contributed by atoms with van der Waals surface area (Å²) >= 11 is 0. The van der Waals surface area contributed by atoms with Gasteiger partial charge < -0.3 is 20.9 Å². The van der Waals surface area contributed by atoms with Crippen LogP contribution < -0.4 is 20.9 Å². The summed E-state index contributed by atoms with van der Waals surface area (Å²) in [6, 6.07) is 10.9. The summed E-state index contributed by atoms with van der Waals surface area (Å²) in [7, 11) is 0. The number of amides is 4. The number of nitrogens with one attached hydrogen (secondary N) is 3. The van der Waals surface area contributed by atoms with Crippen LogP contribution in [0.2, 0.25) is 0 Å². The van der Waals surface area contributed by atoms with E-state index in [0.29, 0.717) is 44.3 Å². The zero-order chi connectivity index (χ0) is 21.5. The van der Waals surface area contributed by atoms with Crippen molar-refractivity contribution in [2.75, 3.05) is 27.4 Å². The van der Waals surface area contributed by atoms with E-state index in [2.05, 4.69) is 16.0 Å². The van der Waals surface area contributed by atoms with Crippen molar-refractivity contribution < 1.29 is 19.2 Å². The predicted octanol–water partition coefficient (Wildman–Crippen LogP) is 2.45. The minimum absolute atomic E-state index is 0.00112. The van der Waals surface area contributed by atoms with Gasteiger partial charge in [-0.25, -0.2) is 0 Å². The maximum absolute atomic E-state index is 13.0. The third-order valence-corrected chi connectivity index (χ3v) is 6.09. The lowest BCUT2D eigenvalue weighted by Crippen LogP contribution is -2.33. The Morgan fingerprint density at radius 2 is 1.52 bits per heavy atom. The van der Waals surface area contributed by atoms with Gasteiger partial charge >= 0.3 is 0 Å². The SMILES string of the molecule is O=C1CCc2cc(NC(=O)C3CCN(c4ccc5c(c4)CCC(=O)N5)C3=O)ccc2N1. The topological polar surface area (TPSA) is 108 Å². The van der Waals surface area contributed by atoms with Gasteiger partial charge in [0.05, 0.1) is 0 Å². The average molecular weight is 418 g/mol. The number of hydrogen-bond acceptors (Lipinski definition) is 4. The molecule has 1 unspecified atom stereocenters. The molecule has 4 amide bonds. The maximum Gasteiger partial charge on any atom is 0.239 e. The van der Waals surface area contributed by atoms with Gasteiger partial charge in [-0.3, -0.25) is 19.2 Å². The first kappa shape index (κ1) is 19.3. The Labute approximate surface area is 179 Å². The third-order valence-electron chi connectivity index (χ3n) is 6.09. The summed E-state index contributed by atoms with van der Waals surface area (Å²) in [6.07, 6.45) is 2.56. The Morgan fingerprint density at radius 3 is 2.23 bits per heavy atom. The van der Waals surface area contributed by atoms with Crippen molar-refractivity contribution in [1.29, 1.82) is 0 Å². The van der Waals surface area contributed by atoms with Crippen molar-refractivity contribution in [3.63, 3.8) is 0 Å². The van der Waals surface area contributed by atoms with Crippen LogP contribution >= 0.6 is 0 Å². The van der Waals surface area contributed by atoms with Gasteiger partial charge in [0.1, 0.15) is 5.92 Å². The van der Waals surface area contributed by atoms with E-state index in [1.165, 1.54) is 0 Å². The molecule has 158 valence electrons. The first-order valence-electron chi connectivity index (χ1n) is 10.5. The molecule has 0 spiro atoms. The fourth-order valence-electron chi connectivity index (χ4n) is 4.41. The number of aryl methyl sites for hydroxylation is 2. The van der Waals surface area contributed by atoms with Crippen molar-refractivity contribution in [2.45, 2.75) is 32.1 Å². The summed E-state index contributed by atoms with van der Waals surface area (Å²) in [6.45, 7) is 0.471. The Kier molecular flexibility index (Phi) is 4.69. The van der Waals surface area contributed by atoms with Crippen molar-refractivity contribution >= 4 is 46.4 Å². The van der Waals surface area contributed by atoms with Crippen LogP contribution in [-0.2, 0) is 32.0 Å². The molecule has 8 nitrogen and oxygen atoms in total. The van der Waals surface area contributed by atoms with Crippen LogP contribution in [0.25, 0.3) is 0 Å². The molecule has 3 heterocycles. The predicted molar refractivity (Wildman–Crippen MR) is 116 cm³/mol. The number of nitrogens with zero attached hydrogens (tertiary/aromatic N) is 1. The van der Waals surface area contributed by atoms with Gasteiger partial charge in [-0.05, 0) is 66.8 Å². The molecule has 0 bridgehead atoms. The fraction of sp³-hybridized carbons (Fsp3) is 0.304. The van der Waals surface area contributed by atoms with Gasteiger partial charge in [-0.15, -0.1) is 0 Å². The Hall–Kier alpha value is -3.68. The largest absolute Gasteiger partial charge is 0.326 e. The van der Waals surface area contributed by atoms with Crippen molar-refractivity contribution in [2.24, 2.45) is 5.92 Å². The Morgan fingerprint density at radius 1 is 0.871 bits per heavy atom. The first-order valence-corrected chi connectivity index (χ1v) is 10.5. The second-order valence-corrected chi connectivity index (χ2v) is 8.13. The highest BCUT2D eigenvalue weighted by molar-refractivity contribution is 6.13.